The average molecular weight is 273 g/mol. The van der Waals surface area contributed by atoms with Crippen LogP contribution >= 0.6 is 0 Å². The van der Waals surface area contributed by atoms with Gasteiger partial charge in [0.05, 0.1) is 6.10 Å². The highest BCUT2D eigenvalue weighted by Gasteiger charge is 2.25. The molecule has 0 saturated carbocycles. The number of alkyl carbamates (subject to hydrolysis) is 1. The molecule has 0 aliphatic carbocycles. The molecule has 1 amide bonds. The van der Waals surface area contributed by atoms with E-state index in [1.807, 2.05) is 0 Å². The normalized spacial score (nSPS) is 20.9. The van der Waals surface area contributed by atoms with Gasteiger partial charge in [-0.25, -0.2) is 9.59 Å². The zero-order valence-electron chi connectivity index (χ0n) is 11.8. The van der Waals surface area contributed by atoms with Gasteiger partial charge in [0.25, 0.3) is 0 Å². The van der Waals surface area contributed by atoms with Gasteiger partial charge in [0.1, 0.15) is 11.6 Å². The van der Waals surface area contributed by atoms with Crippen LogP contribution in [0.2, 0.25) is 0 Å². The molecule has 6 nitrogen and oxygen atoms in total. The number of carbonyl (C=O) groups is 2. The molecule has 1 heterocycles. The highest BCUT2D eigenvalue weighted by atomic mass is 16.6. The van der Waals surface area contributed by atoms with Crippen LogP contribution in [0.1, 0.15) is 46.5 Å². The molecule has 110 valence electrons. The first-order valence-corrected chi connectivity index (χ1v) is 6.62. The quantitative estimate of drug-likeness (QED) is 0.799. The van der Waals surface area contributed by atoms with Gasteiger partial charge in [0.2, 0.25) is 0 Å². The van der Waals surface area contributed by atoms with Crippen molar-refractivity contribution in [2.45, 2.75) is 64.2 Å². The van der Waals surface area contributed by atoms with Crippen LogP contribution in [0.15, 0.2) is 0 Å². The molecule has 0 spiro atoms. The lowest BCUT2D eigenvalue weighted by atomic mass is 10.1. The van der Waals surface area contributed by atoms with Crippen molar-refractivity contribution in [2.75, 3.05) is 6.61 Å². The third-order valence-electron chi connectivity index (χ3n) is 2.79. The molecule has 0 radical (unpaired) electrons. The molecule has 0 aromatic rings. The summed E-state index contributed by atoms with van der Waals surface area (Å²) in [6.07, 6.45) is 2.36. The lowest BCUT2D eigenvalue weighted by molar-refractivity contribution is -0.139. The van der Waals surface area contributed by atoms with E-state index in [4.69, 9.17) is 14.6 Å². The molecule has 2 N–H and O–H groups in total. The van der Waals surface area contributed by atoms with Crippen molar-refractivity contribution in [1.29, 1.82) is 0 Å². The third kappa shape index (κ3) is 6.42. The number of carboxylic acid groups (broad SMARTS) is 1. The second-order valence-corrected chi connectivity index (χ2v) is 5.75. The Hall–Kier alpha value is -1.30. The van der Waals surface area contributed by atoms with Gasteiger partial charge in [-0.2, -0.15) is 0 Å². The number of rotatable bonds is 5. The van der Waals surface area contributed by atoms with Crippen molar-refractivity contribution < 1.29 is 24.2 Å². The summed E-state index contributed by atoms with van der Waals surface area (Å²) in [6.45, 7) is 5.93. The highest BCUT2D eigenvalue weighted by molar-refractivity contribution is 5.79. The number of hydrogen-bond acceptors (Lipinski definition) is 4. The van der Waals surface area contributed by atoms with Gasteiger partial charge in [-0.1, -0.05) is 0 Å². The number of ether oxygens (including phenoxy) is 2. The number of hydrogen-bond donors (Lipinski definition) is 2. The van der Waals surface area contributed by atoms with Crippen molar-refractivity contribution in [2.24, 2.45) is 0 Å². The van der Waals surface area contributed by atoms with Crippen molar-refractivity contribution in [3.8, 4) is 0 Å². The highest BCUT2D eigenvalue weighted by Crippen LogP contribution is 2.18. The lowest BCUT2D eigenvalue weighted by Crippen LogP contribution is -2.43. The number of carboxylic acids is 1. The molecule has 2 atom stereocenters. The minimum Gasteiger partial charge on any atom is -0.480 e. The molecular formula is C13H23NO5. The second-order valence-electron chi connectivity index (χ2n) is 5.75. The van der Waals surface area contributed by atoms with E-state index in [0.717, 1.165) is 19.4 Å². The van der Waals surface area contributed by atoms with Gasteiger partial charge < -0.3 is 19.9 Å². The predicted octanol–water partition coefficient (Wildman–Crippen LogP) is 1.92. The first-order chi connectivity index (χ1) is 8.78. The maximum Gasteiger partial charge on any atom is 0.408 e. The number of aliphatic carboxylic acids is 1. The van der Waals surface area contributed by atoms with Gasteiger partial charge in [0, 0.05) is 6.61 Å². The summed E-state index contributed by atoms with van der Waals surface area (Å²) < 4.78 is 10.5. The zero-order valence-corrected chi connectivity index (χ0v) is 11.8. The maximum absolute atomic E-state index is 11.5. The van der Waals surface area contributed by atoms with Crippen LogP contribution in [0.4, 0.5) is 4.79 Å². The van der Waals surface area contributed by atoms with Crippen molar-refractivity contribution in [3.05, 3.63) is 0 Å². The van der Waals surface area contributed by atoms with Crippen molar-refractivity contribution in [1.82, 2.24) is 5.32 Å². The summed E-state index contributed by atoms with van der Waals surface area (Å²) in [5.74, 6) is -1.05. The van der Waals surface area contributed by atoms with E-state index in [9.17, 15) is 9.59 Å². The van der Waals surface area contributed by atoms with E-state index in [1.165, 1.54) is 0 Å². The molecule has 1 fully saturated rings. The van der Waals surface area contributed by atoms with Crippen LogP contribution in [0.3, 0.4) is 0 Å². The predicted molar refractivity (Wildman–Crippen MR) is 69.0 cm³/mol. The molecule has 6 heteroatoms. The van der Waals surface area contributed by atoms with Gasteiger partial charge in [-0.05, 0) is 46.5 Å². The Balaban J connectivity index is 2.39. The largest absolute Gasteiger partial charge is 0.480 e. The van der Waals surface area contributed by atoms with Crippen LogP contribution < -0.4 is 5.32 Å². The first kappa shape index (κ1) is 15.8. The van der Waals surface area contributed by atoms with E-state index < -0.39 is 23.7 Å². The fourth-order valence-corrected chi connectivity index (χ4v) is 1.93. The lowest BCUT2D eigenvalue weighted by Gasteiger charge is -2.22. The zero-order chi connectivity index (χ0) is 14.5. The fraction of sp³-hybridized carbons (Fsp3) is 0.846. The monoisotopic (exact) mass is 273 g/mol. The molecule has 0 aromatic heterocycles. The van der Waals surface area contributed by atoms with E-state index in [0.29, 0.717) is 12.8 Å². The van der Waals surface area contributed by atoms with E-state index in [-0.39, 0.29) is 6.10 Å². The molecule has 1 aliphatic heterocycles. The molecule has 0 aromatic carbocycles. The Bertz CT molecular complexity index is 317. The Labute approximate surface area is 113 Å². The van der Waals surface area contributed by atoms with Gasteiger partial charge in [0.15, 0.2) is 0 Å². The minimum atomic E-state index is -1.05. The van der Waals surface area contributed by atoms with Gasteiger partial charge in [-0.3, -0.25) is 0 Å². The number of carbonyl (C=O) groups excluding carboxylic acids is 1. The average Bonchev–Trinajstić information content (AvgIpc) is 2.73. The van der Waals surface area contributed by atoms with Crippen LogP contribution in [0.5, 0.6) is 0 Å². The molecule has 0 bridgehead atoms. The number of nitrogens with one attached hydrogen (secondary N) is 1. The Kier molecular flexibility index (Phi) is 5.60. The molecule has 1 saturated heterocycles. The Morgan fingerprint density at radius 2 is 2.16 bits per heavy atom. The summed E-state index contributed by atoms with van der Waals surface area (Å²) in [7, 11) is 0. The van der Waals surface area contributed by atoms with E-state index >= 15 is 0 Å². The molecule has 2 unspecified atom stereocenters. The van der Waals surface area contributed by atoms with E-state index in [2.05, 4.69) is 5.32 Å². The summed E-state index contributed by atoms with van der Waals surface area (Å²) >= 11 is 0. The Morgan fingerprint density at radius 3 is 2.63 bits per heavy atom. The third-order valence-corrected chi connectivity index (χ3v) is 2.79. The van der Waals surface area contributed by atoms with Crippen LogP contribution in [0.25, 0.3) is 0 Å². The summed E-state index contributed by atoms with van der Waals surface area (Å²) in [6, 6.07) is -0.931. The van der Waals surface area contributed by atoms with Crippen LogP contribution in [-0.2, 0) is 14.3 Å². The SMILES string of the molecule is CC(C)(C)OC(=O)NC(CCC1CCCO1)C(=O)O. The first-order valence-electron chi connectivity index (χ1n) is 6.62. The van der Waals surface area contributed by atoms with Crippen LogP contribution in [-0.4, -0.2) is 41.5 Å². The van der Waals surface area contributed by atoms with Crippen molar-refractivity contribution in [3.63, 3.8) is 0 Å². The summed E-state index contributed by atoms with van der Waals surface area (Å²) in [5.41, 5.74) is -0.637. The summed E-state index contributed by atoms with van der Waals surface area (Å²) in [5, 5.41) is 11.5. The van der Waals surface area contributed by atoms with Crippen molar-refractivity contribution >= 4 is 12.1 Å². The number of amides is 1. The van der Waals surface area contributed by atoms with Crippen LogP contribution in [0, 0.1) is 0 Å². The Morgan fingerprint density at radius 1 is 1.47 bits per heavy atom. The van der Waals surface area contributed by atoms with E-state index in [1.54, 1.807) is 20.8 Å². The minimum absolute atomic E-state index is 0.113. The smallest absolute Gasteiger partial charge is 0.408 e. The molecular weight excluding hydrogens is 250 g/mol. The maximum atomic E-state index is 11.5. The second kappa shape index (κ2) is 6.75. The fourth-order valence-electron chi connectivity index (χ4n) is 1.93. The topological polar surface area (TPSA) is 84.9 Å². The summed E-state index contributed by atoms with van der Waals surface area (Å²) in [4.78, 5) is 22.6. The molecule has 1 rings (SSSR count). The standard InChI is InChI=1S/C13H23NO5/c1-13(2,3)19-12(17)14-10(11(15)16)7-6-9-5-4-8-18-9/h9-10H,4-8H2,1-3H3,(H,14,17)(H,15,16). The molecule has 1 aliphatic rings. The van der Waals surface area contributed by atoms with Gasteiger partial charge >= 0.3 is 12.1 Å². The van der Waals surface area contributed by atoms with Gasteiger partial charge in [-0.15, -0.1) is 0 Å². The molecule has 19 heavy (non-hydrogen) atoms.